The molecule has 0 aromatic heterocycles. The monoisotopic (exact) mass is 255 g/mol. The van der Waals surface area contributed by atoms with Gasteiger partial charge in [-0.25, -0.2) is 0 Å². The molecular weight excluding hydrogens is 230 g/mol. The third-order valence-electron chi connectivity index (χ3n) is 5.27. The van der Waals surface area contributed by atoms with Crippen LogP contribution in [0, 0.1) is 17.3 Å². The first-order valence-corrected chi connectivity index (χ1v) is 7.63. The van der Waals surface area contributed by atoms with Crippen LogP contribution in [0.4, 0.5) is 5.69 Å². The van der Waals surface area contributed by atoms with E-state index in [0.29, 0.717) is 5.41 Å². The zero-order valence-electron chi connectivity index (χ0n) is 12.2. The van der Waals surface area contributed by atoms with Gasteiger partial charge in [0.1, 0.15) is 0 Å². The maximum atomic E-state index is 3.57. The van der Waals surface area contributed by atoms with Gasteiger partial charge in [-0.2, -0.15) is 0 Å². The molecule has 0 radical (unpaired) electrons. The summed E-state index contributed by atoms with van der Waals surface area (Å²) >= 11 is 0. The predicted octanol–water partition coefficient (Wildman–Crippen LogP) is 4.87. The normalized spacial score (nSPS) is 28.6. The maximum absolute atomic E-state index is 3.57. The number of para-hydroxylation sites is 1. The van der Waals surface area contributed by atoms with Gasteiger partial charge in [-0.05, 0) is 55.1 Å². The second-order valence-corrected chi connectivity index (χ2v) is 6.89. The molecule has 102 valence electrons. The Kier molecular flexibility index (Phi) is 3.38. The van der Waals surface area contributed by atoms with E-state index >= 15 is 0 Å². The van der Waals surface area contributed by atoms with Gasteiger partial charge in [0.25, 0.3) is 0 Å². The van der Waals surface area contributed by atoms with E-state index in [9.17, 15) is 0 Å². The average Bonchev–Trinajstić information content (AvgIpc) is 2.43. The average molecular weight is 255 g/mol. The van der Waals surface area contributed by atoms with Crippen molar-refractivity contribution < 1.29 is 0 Å². The third-order valence-corrected chi connectivity index (χ3v) is 5.27. The quantitative estimate of drug-likeness (QED) is 0.760. The highest BCUT2D eigenvalue weighted by Crippen LogP contribution is 2.49. The van der Waals surface area contributed by atoms with Gasteiger partial charge in [0, 0.05) is 12.2 Å². The van der Waals surface area contributed by atoms with Crippen LogP contribution >= 0.6 is 0 Å². The summed E-state index contributed by atoms with van der Waals surface area (Å²) in [5.41, 5.74) is 3.45. The highest BCUT2D eigenvalue weighted by Gasteiger charge is 2.38. The first-order valence-electron chi connectivity index (χ1n) is 7.63. The molecule has 1 nitrogen and oxygen atoms in total. The van der Waals surface area contributed by atoms with Crippen molar-refractivity contribution in [1.82, 2.24) is 0 Å². The van der Waals surface area contributed by atoms with Crippen molar-refractivity contribution in [2.24, 2.45) is 17.3 Å². The van der Waals surface area contributed by atoms with Gasteiger partial charge in [0.2, 0.25) is 0 Å². The largest absolute Gasteiger partial charge is 0.381 e. The van der Waals surface area contributed by atoms with E-state index in [1.54, 1.807) is 5.57 Å². The molecule has 19 heavy (non-hydrogen) atoms. The van der Waals surface area contributed by atoms with E-state index in [2.05, 4.69) is 55.6 Å². The van der Waals surface area contributed by atoms with Crippen LogP contribution in [-0.4, -0.2) is 6.54 Å². The molecule has 1 fully saturated rings. The predicted molar refractivity (Wildman–Crippen MR) is 82.2 cm³/mol. The zero-order chi connectivity index (χ0) is 13.3. The topological polar surface area (TPSA) is 12.0 Å². The fraction of sp³-hybridized carbons (Fsp3) is 0.556. The molecule has 1 heteroatoms. The van der Waals surface area contributed by atoms with E-state index in [0.717, 1.165) is 18.4 Å². The molecule has 3 rings (SSSR count). The van der Waals surface area contributed by atoms with Crippen LogP contribution < -0.4 is 5.32 Å². The zero-order valence-corrected chi connectivity index (χ0v) is 12.2. The lowest BCUT2D eigenvalue weighted by atomic mass is 9.60. The standard InChI is InChI=1S/C18H25N/c1-18(2)11-10-14-12-16(18)9-8-15(14)13-19-17-6-4-3-5-7-17/h3-8,14,16,19H,9-13H2,1-2H3. The fourth-order valence-electron chi connectivity index (χ4n) is 3.72. The van der Waals surface area contributed by atoms with Crippen LogP contribution in [0.15, 0.2) is 42.0 Å². The Morgan fingerprint density at radius 2 is 2.00 bits per heavy atom. The molecule has 1 saturated carbocycles. The Hall–Kier alpha value is -1.24. The van der Waals surface area contributed by atoms with Crippen LogP contribution in [0.25, 0.3) is 0 Å². The lowest BCUT2D eigenvalue weighted by Gasteiger charge is -2.45. The van der Waals surface area contributed by atoms with Gasteiger partial charge in [-0.1, -0.05) is 43.7 Å². The van der Waals surface area contributed by atoms with Gasteiger partial charge >= 0.3 is 0 Å². The summed E-state index contributed by atoms with van der Waals surface area (Å²) in [6.45, 7) is 5.94. The minimum Gasteiger partial charge on any atom is -0.381 e. The fourth-order valence-corrected chi connectivity index (χ4v) is 3.72. The Morgan fingerprint density at radius 1 is 1.21 bits per heavy atom. The molecule has 0 heterocycles. The van der Waals surface area contributed by atoms with Gasteiger partial charge in [-0.3, -0.25) is 0 Å². The first-order chi connectivity index (χ1) is 9.15. The molecule has 1 aromatic rings. The molecule has 0 spiro atoms. The summed E-state index contributed by atoms with van der Waals surface area (Å²) in [6, 6.07) is 10.6. The number of benzene rings is 1. The Labute approximate surface area is 117 Å². The van der Waals surface area contributed by atoms with Crippen molar-refractivity contribution in [1.29, 1.82) is 0 Å². The summed E-state index contributed by atoms with van der Waals surface area (Å²) in [5.74, 6) is 1.75. The second kappa shape index (κ2) is 5.03. The van der Waals surface area contributed by atoms with Crippen LogP contribution in [-0.2, 0) is 0 Å². The van der Waals surface area contributed by atoms with E-state index in [1.165, 1.54) is 31.4 Å². The highest BCUT2D eigenvalue weighted by molar-refractivity contribution is 5.44. The lowest BCUT2D eigenvalue weighted by Crippen LogP contribution is -2.35. The van der Waals surface area contributed by atoms with Gasteiger partial charge in [0.05, 0.1) is 0 Å². The van der Waals surface area contributed by atoms with Crippen LogP contribution in [0.1, 0.15) is 39.5 Å². The Morgan fingerprint density at radius 3 is 2.79 bits per heavy atom. The number of allylic oxidation sites excluding steroid dienone is 1. The molecule has 2 unspecified atom stereocenters. The molecule has 0 aliphatic heterocycles. The molecule has 1 N–H and O–H groups in total. The number of rotatable bonds is 3. The minimum atomic E-state index is 0.561. The molecule has 2 atom stereocenters. The summed E-state index contributed by atoms with van der Waals surface area (Å²) in [7, 11) is 0. The smallest absolute Gasteiger partial charge is 0.0362 e. The molecule has 2 bridgehead atoms. The molecule has 0 amide bonds. The number of fused-ring (bicyclic) bond motifs is 2. The van der Waals surface area contributed by atoms with Crippen LogP contribution in [0.3, 0.4) is 0 Å². The first kappa shape index (κ1) is 12.8. The van der Waals surface area contributed by atoms with E-state index in [4.69, 9.17) is 0 Å². The summed E-state index contributed by atoms with van der Waals surface area (Å²) in [4.78, 5) is 0. The van der Waals surface area contributed by atoms with E-state index in [-0.39, 0.29) is 0 Å². The number of hydrogen-bond acceptors (Lipinski definition) is 1. The molecule has 0 saturated heterocycles. The Bertz CT molecular complexity index is 458. The number of hydrogen-bond donors (Lipinski definition) is 1. The van der Waals surface area contributed by atoms with Crippen molar-refractivity contribution in [2.45, 2.75) is 39.5 Å². The molecule has 2 aliphatic carbocycles. The SMILES string of the molecule is CC1(C)CCC2CC1CC=C2CNc1ccccc1. The minimum absolute atomic E-state index is 0.561. The number of nitrogens with one attached hydrogen (secondary N) is 1. The Balaban J connectivity index is 1.64. The maximum Gasteiger partial charge on any atom is 0.0362 e. The van der Waals surface area contributed by atoms with Gasteiger partial charge in [0.15, 0.2) is 0 Å². The molecular formula is C18H25N. The van der Waals surface area contributed by atoms with Crippen LogP contribution in [0.2, 0.25) is 0 Å². The van der Waals surface area contributed by atoms with Crippen molar-refractivity contribution in [3.05, 3.63) is 42.0 Å². The molecule has 1 aromatic carbocycles. The molecule has 2 aliphatic rings. The third kappa shape index (κ3) is 2.70. The summed E-state index contributed by atoms with van der Waals surface area (Å²) < 4.78 is 0. The van der Waals surface area contributed by atoms with Crippen molar-refractivity contribution in [3.63, 3.8) is 0 Å². The van der Waals surface area contributed by atoms with Crippen molar-refractivity contribution in [3.8, 4) is 0 Å². The van der Waals surface area contributed by atoms with Crippen molar-refractivity contribution >= 4 is 5.69 Å². The van der Waals surface area contributed by atoms with Gasteiger partial charge < -0.3 is 5.32 Å². The second-order valence-electron chi connectivity index (χ2n) is 6.89. The van der Waals surface area contributed by atoms with E-state index < -0.39 is 0 Å². The highest BCUT2D eigenvalue weighted by atomic mass is 14.9. The summed E-state index contributed by atoms with van der Waals surface area (Å²) in [6.07, 6.45) is 8.00. The van der Waals surface area contributed by atoms with E-state index in [1.807, 2.05) is 0 Å². The summed E-state index contributed by atoms with van der Waals surface area (Å²) in [5, 5.41) is 3.57. The van der Waals surface area contributed by atoms with Gasteiger partial charge in [-0.15, -0.1) is 0 Å². The van der Waals surface area contributed by atoms with Crippen molar-refractivity contribution in [2.75, 3.05) is 11.9 Å². The van der Waals surface area contributed by atoms with Crippen LogP contribution in [0.5, 0.6) is 0 Å². The number of anilines is 1. The lowest BCUT2D eigenvalue weighted by molar-refractivity contribution is 0.103.